The van der Waals surface area contributed by atoms with Crippen molar-refractivity contribution >= 4 is 22.0 Å². The van der Waals surface area contributed by atoms with E-state index in [1.54, 1.807) is 0 Å². The Labute approximate surface area is 172 Å². The van der Waals surface area contributed by atoms with E-state index in [1.165, 1.54) is 0 Å². The van der Waals surface area contributed by atoms with Crippen LogP contribution in [-0.2, 0) is 0 Å². The van der Waals surface area contributed by atoms with Crippen molar-refractivity contribution in [2.75, 3.05) is 19.8 Å². The van der Waals surface area contributed by atoms with Crippen molar-refractivity contribution < 1.29 is 19.0 Å². The van der Waals surface area contributed by atoms with Gasteiger partial charge in [-0.15, -0.1) is 0 Å². The van der Waals surface area contributed by atoms with Crippen molar-refractivity contribution in [2.45, 2.75) is 31.8 Å². The Morgan fingerprint density at radius 2 is 1.79 bits per heavy atom. The van der Waals surface area contributed by atoms with E-state index in [1.807, 2.05) is 43.3 Å². The molecule has 6 nitrogen and oxygen atoms in total. The van der Waals surface area contributed by atoms with Gasteiger partial charge in [0, 0.05) is 22.9 Å². The van der Waals surface area contributed by atoms with E-state index >= 15 is 0 Å². The zero-order valence-corrected chi connectivity index (χ0v) is 17.3. The van der Waals surface area contributed by atoms with E-state index in [4.69, 9.17) is 14.2 Å². The molecule has 2 unspecified atom stereocenters. The van der Waals surface area contributed by atoms with E-state index in [-0.39, 0.29) is 18.1 Å². The Bertz CT molecular complexity index is 873. The molecule has 2 heterocycles. The third-order valence-electron chi connectivity index (χ3n) is 4.94. The number of amides is 2. The van der Waals surface area contributed by atoms with Gasteiger partial charge in [-0.25, -0.2) is 4.79 Å². The van der Waals surface area contributed by atoms with Gasteiger partial charge in [-0.2, -0.15) is 0 Å². The van der Waals surface area contributed by atoms with Gasteiger partial charge in [0.25, 0.3) is 0 Å². The Morgan fingerprint density at radius 3 is 2.64 bits per heavy atom. The van der Waals surface area contributed by atoms with Crippen molar-refractivity contribution in [1.29, 1.82) is 0 Å². The van der Waals surface area contributed by atoms with Gasteiger partial charge in [0.05, 0.1) is 31.9 Å². The maximum Gasteiger partial charge on any atom is 0.315 e. The molecule has 0 aromatic heterocycles. The first-order chi connectivity index (χ1) is 13.6. The highest BCUT2D eigenvalue weighted by molar-refractivity contribution is 9.10. The van der Waals surface area contributed by atoms with Gasteiger partial charge in [-0.1, -0.05) is 22.0 Å². The predicted octanol–water partition coefficient (Wildman–Crippen LogP) is 4.49. The summed E-state index contributed by atoms with van der Waals surface area (Å²) in [5, 5.41) is 6.08. The molecule has 0 radical (unpaired) electrons. The molecule has 4 rings (SSSR count). The van der Waals surface area contributed by atoms with E-state index in [2.05, 4.69) is 26.6 Å². The number of nitrogens with one attached hydrogen (secondary N) is 2. The second-order valence-corrected chi connectivity index (χ2v) is 7.88. The van der Waals surface area contributed by atoms with Crippen molar-refractivity contribution in [3.8, 4) is 17.2 Å². The molecule has 0 spiro atoms. The SMILES string of the molecule is CC(NC(=O)NC1CCOc2ccc(Br)cc21)c1ccc2c(c1)OCCCO2. The first-order valence-corrected chi connectivity index (χ1v) is 10.3. The Kier molecular flexibility index (Phi) is 5.62. The zero-order chi connectivity index (χ0) is 19.5. The van der Waals surface area contributed by atoms with E-state index in [9.17, 15) is 4.79 Å². The van der Waals surface area contributed by atoms with Gasteiger partial charge in [0.1, 0.15) is 5.75 Å². The summed E-state index contributed by atoms with van der Waals surface area (Å²) in [6.07, 6.45) is 1.60. The van der Waals surface area contributed by atoms with Crippen LogP contribution in [0, 0.1) is 0 Å². The van der Waals surface area contributed by atoms with Crippen LogP contribution in [-0.4, -0.2) is 25.9 Å². The summed E-state index contributed by atoms with van der Waals surface area (Å²) < 4.78 is 18.1. The molecular formula is C21H23BrN2O4. The molecule has 0 fully saturated rings. The van der Waals surface area contributed by atoms with Crippen LogP contribution in [0.1, 0.15) is 43.0 Å². The number of rotatable bonds is 3. The van der Waals surface area contributed by atoms with Crippen LogP contribution >= 0.6 is 15.9 Å². The van der Waals surface area contributed by atoms with Crippen molar-refractivity contribution in [3.05, 3.63) is 52.0 Å². The minimum absolute atomic E-state index is 0.0859. The molecule has 7 heteroatoms. The van der Waals surface area contributed by atoms with Gasteiger partial charge < -0.3 is 24.8 Å². The maximum atomic E-state index is 12.6. The molecule has 2 aromatic carbocycles. The molecule has 0 saturated carbocycles. The number of benzene rings is 2. The van der Waals surface area contributed by atoms with Crippen LogP contribution in [0.15, 0.2) is 40.9 Å². The summed E-state index contributed by atoms with van der Waals surface area (Å²) >= 11 is 3.48. The predicted molar refractivity (Wildman–Crippen MR) is 109 cm³/mol. The largest absolute Gasteiger partial charge is 0.493 e. The van der Waals surface area contributed by atoms with Crippen LogP contribution in [0.3, 0.4) is 0 Å². The fraction of sp³-hybridized carbons (Fsp3) is 0.381. The molecule has 2 N–H and O–H groups in total. The normalized spacial score (nSPS) is 18.9. The number of carbonyl (C=O) groups excluding carboxylic acids is 1. The molecule has 2 atom stereocenters. The van der Waals surface area contributed by atoms with Crippen LogP contribution in [0.5, 0.6) is 17.2 Å². The number of fused-ring (bicyclic) bond motifs is 2. The summed E-state index contributed by atoms with van der Waals surface area (Å²) in [7, 11) is 0. The topological polar surface area (TPSA) is 68.8 Å². The molecule has 2 aliphatic heterocycles. The third-order valence-corrected chi connectivity index (χ3v) is 5.43. The summed E-state index contributed by atoms with van der Waals surface area (Å²) in [6.45, 7) is 3.83. The number of hydrogen-bond acceptors (Lipinski definition) is 4. The number of hydrogen-bond donors (Lipinski definition) is 2. The Hall–Kier alpha value is -2.41. The Balaban J connectivity index is 1.42. The molecule has 0 aliphatic carbocycles. The third kappa shape index (κ3) is 4.19. The molecule has 0 bridgehead atoms. The van der Waals surface area contributed by atoms with Crippen molar-refractivity contribution in [1.82, 2.24) is 10.6 Å². The van der Waals surface area contributed by atoms with Gasteiger partial charge in [-0.3, -0.25) is 0 Å². The first-order valence-electron chi connectivity index (χ1n) is 9.49. The summed E-state index contributed by atoms with van der Waals surface area (Å²) in [5.74, 6) is 2.30. The highest BCUT2D eigenvalue weighted by Gasteiger charge is 2.24. The van der Waals surface area contributed by atoms with Crippen LogP contribution < -0.4 is 24.8 Å². The second kappa shape index (κ2) is 8.31. The highest BCUT2D eigenvalue weighted by atomic mass is 79.9. The minimum atomic E-state index is -0.211. The van der Waals surface area contributed by atoms with Crippen molar-refractivity contribution in [3.63, 3.8) is 0 Å². The van der Waals surface area contributed by atoms with Gasteiger partial charge in [0.2, 0.25) is 0 Å². The summed E-state index contributed by atoms with van der Waals surface area (Å²) in [5.41, 5.74) is 1.95. The van der Waals surface area contributed by atoms with E-state index in [0.29, 0.717) is 19.8 Å². The Morgan fingerprint density at radius 1 is 1.04 bits per heavy atom. The number of halogens is 1. The van der Waals surface area contributed by atoms with Crippen molar-refractivity contribution in [2.24, 2.45) is 0 Å². The molecule has 2 amide bonds. The number of carbonyl (C=O) groups is 1. The lowest BCUT2D eigenvalue weighted by Gasteiger charge is -2.27. The standard InChI is InChI=1S/C21H23BrN2O4/c1-13(14-3-5-19-20(11-14)27-9-2-8-26-19)23-21(25)24-17-7-10-28-18-6-4-15(22)12-16(17)18/h3-6,11-13,17H,2,7-10H2,1H3,(H2,23,24,25). The zero-order valence-electron chi connectivity index (χ0n) is 15.7. The van der Waals surface area contributed by atoms with Crippen LogP contribution in [0.25, 0.3) is 0 Å². The first kappa shape index (κ1) is 18.9. The van der Waals surface area contributed by atoms with Gasteiger partial charge in [-0.05, 0) is 42.8 Å². The van der Waals surface area contributed by atoms with Gasteiger partial charge in [0.15, 0.2) is 11.5 Å². The maximum absolute atomic E-state index is 12.6. The number of urea groups is 1. The molecule has 0 saturated heterocycles. The summed E-state index contributed by atoms with van der Waals surface area (Å²) in [6, 6.07) is 11.2. The van der Waals surface area contributed by atoms with E-state index in [0.717, 1.165) is 45.7 Å². The lowest BCUT2D eigenvalue weighted by molar-refractivity contribution is 0.221. The fourth-order valence-corrected chi connectivity index (χ4v) is 3.82. The molecular weight excluding hydrogens is 424 g/mol. The number of ether oxygens (including phenoxy) is 3. The average Bonchev–Trinajstić information content (AvgIpc) is 2.93. The molecule has 2 aromatic rings. The van der Waals surface area contributed by atoms with Gasteiger partial charge >= 0.3 is 6.03 Å². The molecule has 2 aliphatic rings. The quantitative estimate of drug-likeness (QED) is 0.728. The van der Waals surface area contributed by atoms with E-state index < -0.39 is 0 Å². The van der Waals surface area contributed by atoms with Crippen LogP contribution in [0.4, 0.5) is 4.79 Å². The lowest BCUT2D eigenvalue weighted by Crippen LogP contribution is -2.40. The highest BCUT2D eigenvalue weighted by Crippen LogP contribution is 2.34. The summed E-state index contributed by atoms with van der Waals surface area (Å²) in [4.78, 5) is 12.6. The molecule has 28 heavy (non-hydrogen) atoms. The monoisotopic (exact) mass is 446 g/mol. The second-order valence-electron chi connectivity index (χ2n) is 6.97. The average molecular weight is 447 g/mol. The van der Waals surface area contributed by atoms with Crippen LogP contribution in [0.2, 0.25) is 0 Å². The smallest absolute Gasteiger partial charge is 0.315 e. The minimum Gasteiger partial charge on any atom is -0.493 e. The molecule has 148 valence electrons. The fourth-order valence-electron chi connectivity index (χ4n) is 3.44. The lowest BCUT2D eigenvalue weighted by atomic mass is 10.0.